The molecule has 0 fully saturated rings. The molecule has 84 valence electrons. The first-order valence-electron chi connectivity index (χ1n) is 3.68. The van der Waals surface area contributed by atoms with Crippen LogP contribution in [0, 0.1) is 11.6 Å². The second-order valence-corrected chi connectivity index (χ2v) is 3.62. The van der Waals surface area contributed by atoms with Gasteiger partial charge in [0, 0.05) is 11.8 Å². The van der Waals surface area contributed by atoms with Crippen molar-refractivity contribution in [1.29, 1.82) is 0 Å². The second-order valence-electron chi connectivity index (χ2n) is 2.52. The lowest BCUT2D eigenvalue weighted by molar-refractivity contribution is 0.287. The van der Waals surface area contributed by atoms with E-state index < -0.39 is 28.8 Å². The molecule has 1 rings (SSSR count). The minimum absolute atomic E-state index is 0.00356. The van der Waals surface area contributed by atoms with Gasteiger partial charge in [-0.15, -0.1) is 0 Å². The fourth-order valence-corrected chi connectivity index (χ4v) is 1.05. The molecule has 0 aliphatic carbocycles. The van der Waals surface area contributed by atoms with E-state index >= 15 is 0 Å². The Hall–Kier alpha value is -1.25. The predicted octanol–water partition coefficient (Wildman–Crippen LogP) is 1.15. The molecule has 1 aromatic carbocycles. The maximum absolute atomic E-state index is 12.6. The molecule has 0 saturated carbocycles. The lowest BCUT2D eigenvalue weighted by Crippen LogP contribution is -2.11. The van der Waals surface area contributed by atoms with Crippen LogP contribution in [0.2, 0.25) is 0 Å². The molecule has 0 unspecified atom stereocenters. The molecular weight excluding hydrogens is 232 g/mol. The Balaban J connectivity index is 2.58. The van der Waals surface area contributed by atoms with Crippen LogP contribution in [-0.2, 0) is 14.6 Å². The standard InChI is InChI=1S/C7H7F2NO4S/c8-5-1-6(9)3-7(2-5)10-4-14-15(11,12)13/h1-3,10H,4H2,(H,11,12,13). The molecule has 0 spiro atoms. The van der Waals surface area contributed by atoms with Gasteiger partial charge in [-0.25, -0.2) is 13.0 Å². The molecule has 0 bridgehead atoms. The van der Waals surface area contributed by atoms with Gasteiger partial charge in [-0.1, -0.05) is 0 Å². The summed E-state index contributed by atoms with van der Waals surface area (Å²) in [7, 11) is -4.56. The van der Waals surface area contributed by atoms with E-state index in [1.807, 2.05) is 0 Å². The Bertz CT molecular complexity index is 428. The summed E-state index contributed by atoms with van der Waals surface area (Å²) in [5.74, 6) is -1.63. The third-order valence-electron chi connectivity index (χ3n) is 1.35. The zero-order chi connectivity index (χ0) is 11.5. The van der Waals surface area contributed by atoms with Gasteiger partial charge < -0.3 is 5.32 Å². The predicted molar refractivity (Wildman–Crippen MR) is 47.5 cm³/mol. The summed E-state index contributed by atoms with van der Waals surface area (Å²) in [6.07, 6.45) is 0. The normalized spacial score (nSPS) is 11.4. The molecule has 2 N–H and O–H groups in total. The van der Waals surface area contributed by atoms with Crippen molar-refractivity contribution in [2.45, 2.75) is 0 Å². The highest BCUT2D eigenvalue weighted by Crippen LogP contribution is 2.12. The fourth-order valence-electron chi connectivity index (χ4n) is 0.843. The van der Waals surface area contributed by atoms with Crippen LogP contribution in [0.3, 0.4) is 0 Å². The maximum atomic E-state index is 12.6. The van der Waals surface area contributed by atoms with Crippen molar-refractivity contribution >= 4 is 16.1 Å². The molecule has 0 amide bonds. The number of halogens is 2. The van der Waals surface area contributed by atoms with Crippen LogP contribution in [-0.4, -0.2) is 19.7 Å². The molecule has 8 heteroatoms. The number of anilines is 1. The highest BCUT2D eigenvalue weighted by atomic mass is 32.3. The minimum Gasteiger partial charge on any atom is -0.361 e. The molecule has 0 aliphatic heterocycles. The highest BCUT2D eigenvalue weighted by Gasteiger charge is 2.04. The Labute approximate surface area is 84.6 Å². The topological polar surface area (TPSA) is 75.6 Å². The summed E-state index contributed by atoms with van der Waals surface area (Å²) in [4.78, 5) is 0. The molecule has 0 atom stereocenters. The SMILES string of the molecule is O=S(=O)(O)OCNc1cc(F)cc(F)c1. The first kappa shape index (κ1) is 11.8. The number of nitrogens with one attached hydrogen (secondary N) is 1. The molecule has 0 radical (unpaired) electrons. The number of hydrogen-bond acceptors (Lipinski definition) is 4. The first-order valence-corrected chi connectivity index (χ1v) is 5.05. The van der Waals surface area contributed by atoms with Crippen molar-refractivity contribution in [3.8, 4) is 0 Å². The van der Waals surface area contributed by atoms with Gasteiger partial charge in [0.25, 0.3) is 0 Å². The zero-order valence-electron chi connectivity index (χ0n) is 7.28. The quantitative estimate of drug-likeness (QED) is 0.609. The Kier molecular flexibility index (Phi) is 3.56. The molecule has 0 heterocycles. The van der Waals surface area contributed by atoms with Crippen LogP contribution in [0.25, 0.3) is 0 Å². The van der Waals surface area contributed by atoms with Crippen molar-refractivity contribution in [2.24, 2.45) is 0 Å². The van der Waals surface area contributed by atoms with Gasteiger partial charge in [0.2, 0.25) is 0 Å². The van der Waals surface area contributed by atoms with E-state index in [2.05, 4.69) is 9.50 Å². The van der Waals surface area contributed by atoms with Gasteiger partial charge in [-0.05, 0) is 12.1 Å². The number of benzene rings is 1. The van der Waals surface area contributed by atoms with Crippen molar-refractivity contribution in [3.63, 3.8) is 0 Å². The van der Waals surface area contributed by atoms with Crippen molar-refractivity contribution in [1.82, 2.24) is 0 Å². The summed E-state index contributed by atoms with van der Waals surface area (Å²) in [5.41, 5.74) is -0.00356. The minimum atomic E-state index is -4.56. The lowest BCUT2D eigenvalue weighted by atomic mass is 10.3. The van der Waals surface area contributed by atoms with Crippen LogP contribution in [0.1, 0.15) is 0 Å². The average Bonchev–Trinajstić information content (AvgIpc) is 1.99. The summed E-state index contributed by atoms with van der Waals surface area (Å²) in [5, 5.41) is 2.24. The Morgan fingerprint density at radius 2 is 1.80 bits per heavy atom. The molecule has 1 aromatic rings. The Morgan fingerprint density at radius 3 is 2.27 bits per heavy atom. The molecular formula is C7H7F2NO4S. The van der Waals surface area contributed by atoms with E-state index in [4.69, 9.17) is 4.55 Å². The van der Waals surface area contributed by atoms with E-state index in [0.29, 0.717) is 6.07 Å². The third kappa shape index (κ3) is 4.68. The molecule has 0 aromatic heterocycles. The summed E-state index contributed by atoms with van der Waals surface area (Å²) in [6, 6.07) is 2.54. The maximum Gasteiger partial charge on any atom is 0.399 e. The number of hydrogen-bond donors (Lipinski definition) is 2. The second kappa shape index (κ2) is 4.51. The molecule has 0 aliphatic rings. The smallest absolute Gasteiger partial charge is 0.361 e. The van der Waals surface area contributed by atoms with Gasteiger partial charge in [-0.3, -0.25) is 4.55 Å². The van der Waals surface area contributed by atoms with Crippen LogP contribution in [0.4, 0.5) is 14.5 Å². The van der Waals surface area contributed by atoms with Crippen LogP contribution in [0.15, 0.2) is 18.2 Å². The van der Waals surface area contributed by atoms with Crippen molar-refractivity contribution < 1.29 is 25.9 Å². The van der Waals surface area contributed by atoms with Crippen LogP contribution < -0.4 is 5.32 Å². The van der Waals surface area contributed by atoms with Crippen LogP contribution >= 0.6 is 0 Å². The van der Waals surface area contributed by atoms with E-state index in [1.54, 1.807) is 0 Å². The van der Waals surface area contributed by atoms with E-state index in [-0.39, 0.29) is 5.69 Å². The average molecular weight is 239 g/mol. The largest absolute Gasteiger partial charge is 0.399 e. The van der Waals surface area contributed by atoms with E-state index in [9.17, 15) is 17.2 Å². The van der Waals surface area contributed by atoms with Gasteiger partial charge >= 0.3 is 10.4 Å². The van der Waals surface area contributed by atoms with Gasteiger partial charge in [0.1, 0.15) is 18.4 Å². The summed E-state index contributed by atoms with van der Waals surface area (Å²) in [6.45, 7) is -0.623. The third-order valence-corrected chi connectivity index (χ3v) is 1.76. The number of rotatable bonds is 4. The Morgan fingerprint density at radius 1 is 1.27 bits per heavy atom. The lowest BCUT2D eigenvalue weighted by Gasteiger charge is -2.05. The van der Waals surface area contributed by atoms with E-state index in [0.717, 1.165) is 12.1 Å². The van der Waals surface area contributed by atoms with Gasteiger partial charge in [-0.2, -0.15) is 8.42 Å². The van der Waals surface area contributed by atoms with Gasteiger partial charge in [0.05, 0.1) is 0 Å². The van der Waals surface area contributed by atoms with E-state index in [1.165, 1.54) is 0 Å². The van der Waals surface area contributed by atoms with Crippen LogP contribution in [0.5, 0.6) is 0 Å². The summed E-state index contributed by atoms with van der Waals surface area (Å²) >= 11 is 0. The van der Waals surface area contributed by atoms with Crippen molar-refractivity contribution in [2.75, 3.05) is 12.0 Å². The monoisotopic (exact) mass is 239 g/mol. The first-order chi connectivity index (χ1) is 6.87. The molecule has 15 heavy (non-hydrogen) atoms. The molecule has 0 saturated heterocycles. The molecule has 5 nitrogen and oxygen atoms in total. The zero-order valence-corrected chi connectivity index (χ0v) is 8.09. The fraction of sp³-hybridized carbons (Fsp3) is 0.143. The van der Waals surface area contributed by atoms with Crippen molar-refractivity contribution in [3.05, 3.63) is 29.8 Å². The van der Waals surface area contributed by atoms with Gasteiger partial charge in [0.15, 0.2) is 0 Å². The summed E-state index contributed by atoms with van der Waals surface area (Å²) < 4.78 is 57.5. The highest BCUT2D eigenvalue weighted by molar-refractivity contribution is 7.80.